The van der Waals surface area contributed by atoms with Crippen LogP contribution in [0.1, 0.15) is 12.8 Å². The van der Waals surface area contributed by atoms with Crippen molar-refractivity contribution in [2.45, 2.75) is 19.0 Å². The van der Waals surface area contributed by atoms with E-state index in [1.807, 2.05) is 0 Å². The third-order valence-corrected chi connectivity index (χ3v) is 2.87. The first-order valence-corrected chi connectivity index (χ1v) is 5.71. The molecule has 1 atom stereocenters. The first kappa shape index (κ1) is 13.7. The molecule has 3 N–H and O–H groups in total. The van der Waals surface area contributed by atoms with Crippen LogP contribution in [0.25, 0.3) is 0 Å². The van der Waals surface area contributed by atoms with Gasteiger partial charge in [-0.3, -0.25) is 0 Å². The minimum atomic E-state index is -4.10. The quantitative estimate of drug-likeness (QED) is 0.674. The van der Waals surface area contributed by atoms with Crippen LogP contribution in [-0.4, -0.2) is 50.3 Å². The largest absolute Gasteiger partial charge is 0.401 e. The highest BCUT2D eigenvalue weighted by molar-refractivity contribution is 4.76. The number of hydrogen-bond acceptors (Lipinski definition) is 3. The fraction of sp³-hybridized carbons (Fsp3) is 1.00. The summed E-state index contributed by atoms with van der Waals surface area (Å²) in [5.74, 6) is 0.521. The maximum Gasteiger partial charge on any atom is 0.401 e. The summed E-state index contributed by atoms with van der Waals surface area (Å²) in [7, 11) is 0. The van der Waals surface area contributed by atoms with E-state index in [2.05, 4.69) is 10.2 Å². The highest BCUT2D eigenvalue weighted by Crippen LogP contribution is 2.18. The van der Waals surface area contributed by atoms with Crippen molar-refractivity contribution in [3.05, 3.63) is 0 Å². The van der Waals surface area contributed by atoms with Crippen molar-refractivity contribution in [3.8, 4) is 0 Å². The van der Waals surface area contributed by atoms with E-state index < -0.39 is 12.7 Å². The molecule has 6 heteroatoms. The fourth-order valence-electron chi connectivity index (χ4n) is 2.07. The van der Waals surface area contributed by atoms with Crippen LogP contribution in [0, 0.1) is 5.92 Å². The van der Waals surface area contributed by atoms with Gasteiger partial charge in [0.15, 0.2) is 0 Å². The molecular formula is C10H20F3N3. The number of alkyl halides is 3. The van der Waals surface area contributed by atoms with E-state index in [1.165, 1.54) is 0 Å². The molecule has 0 radical (unpaired) electrons. The lowest BCUT2D eigenvalue weighted by molar-refractivity contribution is -0.124. The summed E-state index contributed by atoms with van der Waals surface area (Å²) in [5.41, 5.74) is 5.44. The number of nitrogens with two attached hydrogens (primary N) is 1. The van der Waals surface area contributed by atoms with Crippen LogP contribution in [0.3, 0.4) is 0 Å². The van der Waals surface area contributed by atoms with Gasteiger partial charge in [0.1, 0.15) is 0 Å². The summed E-state index contributed by atoms with van der Waals surface area (Å²) in [4.78, 5) is 2.27. The lowest BCUT2D eigenvalue weighted by atomic mass is 10.1. The topological polar surface area (TPSA) is 41.3 Å². The molecule has 1 saturated heterocycles. The van der Waals surface area contributed by atoms with Crippen LogP contribution in [0.15, 0.2) is 0 Å². The second-order valence-electron chi connectivity index (χ2n) is 4.32. The van der Waals surface area contributed by atoms with Crippen molar-refractivity contribution in [2.75, 3.05) is 39.3 Å². The van der Waals surface area contributed by atoms with Crippen LogP contribution in [-0.2, 0) is 0 Å². The molecule has 0 bridgehead atoms. The summed E-state index contributed by atoms with van der Waals surface area (Å²) < 4.78 is 35.5. The standard InChI is InChI=1S/C10H20F3N3/c11-10(12,13)8-15-4-1-9-2-5-16(7-9)6-3-14/h9,15H,1-8,14H2. The molecule has 1 unspecified atom stereocenters. The van der Waals surface area contributed by atoms with E-state index in [4.69, 9.17) is 5.73 Å². The smallest absolute Gasteiger partial charge is 0.329 e. The van der Waals surface area contributed by atoms with Crippen LogP contribution in [0.4, 0.5) is 13.2 Å². The maximum atomic E-state index is 11.8. The number of nitrogens with one attached hydrogen (secondary N) is 1. The highest BCUT2D eigenvalue weighted by atomic mass is 19.4. The van der Waals surface area contributed by atoms with Gasteiger partial charge in [-0.1, -0.05) is 0 Å². The van der Waals surface area contributed by atoms with E-state index in [-0.39, 0.29) is 0 Å². The molecule has 1 rings (SSSR count). The van der Waals surface area contributed by atoms with Gasteiger partial charge in [0, 0.05) is 19.6 Å². The number of hydrogen-bond donors (Lipinski definition) is 2. The lowest BCUT2D eigenvalue weighted by Gasteiger charge is -2.15. The second kappa shape index (κ2) is 6.42. The Balaban J connectivity index is 2.02. The number of likely N-dealkylation sites (tertiary alicyclic amines) is 1. The first-order valence-electron chi connectivity index (χ1n) is 5.71. The Kier molecular flexibility index (Phi) is 5.51. The molecule has 96 valence electrons. The molecule has 3 nitrogen and oxygen atoms in total. The predicted molar refractivity (Wildman–Crippen MR) is 57.1 cm³/mol. The van der Waals surface area contributed by atoms with Crippen LogP contribution < -0.4 is 11.1 Å². The SMILES string of the molecule is NCCN1CCC(CCNCC(F)(F)F)C1. The van der Waals surface area contributed by atoms with Gasteiger partial charge in [-0.15, -0.1) is 0 Å². The van der Waals surface area contributed by atoms with Gasteiger partial charge in [-0.25, -0.2) is 0 Å². The van der Waals surface area contributed by atoms with Crippen molar-refractivity contribution in [1.29, 1.82) is 0 Å². The summed E-state index contributed by atoms with van der Waals surface area (Å²) in [6, 6.07) is 0. The van der Waals surface area contributed by atoms with Gasteiger partial charge >= 0.3 is 6.18 Å². The molecule has 16 heavy (non-hydrogen) atoms. The molecule has 0 spiro atoms. The third kappa shape index (κ3) is 5.67. The van der Waals surface area contributed by atoms with Crippen molar-refractivity contribution in [3.63, 3.8) is 0 Å². The highest BCUT2D eigenvalue weighted by Gasteiger charge is 2.26. The summed E-state index contributed by atoms with van der Waals surface area (Å²) >= 11 is 0. The average Bonchev–Trinajstić information content (AvgIpc) is 2.60. The molecule has 1 aliphatic rings. The van der Waals surface area contributed by atoms with Crippen molar-refractivity contribution in [2.24, 2.45) is 11.7 Å². The van der Waals surface area contributed by atoms with E-state index in [9.17, 15) is 13.2 Å². The fourth-order valence-corrected chi connectivity index (χ4v) is 2.07. The Labute approximate surface area is 94.2 Å². The average molecular weight is 239 g/mol. The van der Waals surface area contributed by atoms with Gasteiger partial charge in [-0.05, 0) is 31.8 Å². The van der Waals surface area contributed by atoms with Gasteiger partial charge in [-0.2, -0.15) is 13.2 Å². The number of nitrogens with zero attached hydrogens (tertiary/aromatic N) is 1. The minimum absolute atomic E-state index is 0.445. The zero-order valence-corrected chi connectivity index (χ0v) is 9.39. The van der Waals surface area contributed by atoms with Gasteiger partial charge < -0.3 is 16.0 Å². The Morgan fingerprint density at radius 2 is 2.12 bits per heavy atom. The monoisotopic (exact) mass is 239 g/mol. The summed E-state index contributed by atoms with van der Waals surface area (Å²) in [6.45, 7) is 3.12. The van der Waals surface area contributed by atoms with Gasteiger partial charge in [0.25, 0.3) is 0 Å². The van der Waals surface area contributed by atoms with Crippen molar-refractivity contribution >= 4 is 0 Å². The molecule has 0 aromatic rings. The Morgan fingerprint density at radius 3 is 2.75 bits per heavy atom. The lowest BCUT2D eigenvalue weighted by Crippen LogP contribution is -2.31. The van der Waals surface area contributed by atoms with Gasteiger partial charge in [0.2, 0.25) is 0 Å². The van der Waals surface area contributed by atoms with Crippen molar-refractivity contribution in [1.82, 2.24) is 10.2 Å². The summed E-state index contributed by atoms with van der Waals surface area (Å²) in [6.07, 6.45) is -2.20. The minimum Gasteiger partial charge on any atom is -0.329 e. The number of rotatable bonds is 6. The van der Waals surface area contributed by atoms with E-state index in [1.54, 1.807) is 0 Å². The zero-order valence-electron chi connectivity index (χ0n) is 9.39. The van der Waals surface area contributed by atoms with E-state index >= 15 is 0 Å². The van der Waals surface area contributed by atoms with Crippen molar-refractivity contribution < 1.29 is 13.2 Å². The normalized spacial score (nSPS) is 22.9. The molecule has 0 aliphatic carbocycles. The molecular weight excluding hydrogens is 219 g/mol. The molecule has 0 amide bonds. The first-order chi connectivity index (χ1) is 7.51. The predicted octanol–water partition coefficient (Wildman–Crippen LogP) is 0.809. The Bertz CT molecular complexity index is 196. The number of halogens is 3. The molecule has 0 aromatic heterocycles. The Hall–Kier alpha value is -0.330. The van der Waals surface area contributed by atoms with Crippen LogP contribution in [0.2, 0.25) is 0 Å². The molecule has 0 saturated carbocycles. The molecule has 0 aromatic carbocycles. The molecule has 1 heterocycles. The van der Waals surface area contributed by atoms with E-state index in [0.29, 0.717) is 19.0 Å². The molecule has 1 aliphatic heterocycles. The van der Waals surface area contributed by atoms with Crippen LogP contribution >= 0.6 is 0 Å². The molecule has 1 fully saturated rings. The third-order valence-electron chi connectivity index (χ3n) is 2.87. The zero-order chi connectivity index (χ0) is 12.0. The van der Waals surface area contributed by atoms with E-state index in [0.717, 1.165) is 32.5 Å². The summed E-state index contributed by atoms with van der Waals surface area (Å²) in [5, 5.41) is 2.43. The van der Waals surface area contributed by atoms with Gasteiger partial charge in [0.05, 0.1) is 6.54 Å². The Morgan fingerprint density at radius 1 is 1.38 bits per heavy atom. The van der Waals surface area contributed by atoms with Crippen LogP contribution in [0.5, 0.6) is 0 Å². The second-order valence-corrected chi connectivity index (χ2v) is 4.32. The maximum absolute atomic E-state index is 11.8.